The van der Waals surface area contributed by atoms with Crippen molar-refractivity contribution in [3.05, 3.63) is 29.3 Å². The predicted molar refractivity (Wildman–Crippen MR) is 77.6 cm³/mol. The number of aliphatic hydroxyl groups is 1. The molecule has 1 N–H and O–H groups in total. The molecule has 3 nitrogen and oxygen atoms in total. The third-order valence-electron chi connectivity index (χ3n) is 3.97. The van der Waals surface area contributed by atoms with Crippen molar-refractivity contribution in [1.29, 1.82) is 0 Å². The summed E-state index contributed by atoms with van der Waals surface area (Å²) < 4.78 is 5.82. The van der Waals surface area contributed by atoms with E-state index in [4.69, 9.17) is 4.74 Å². The van der Waals surface area contributed by atoms with Crippen LogP contribution in [0.15, 0.2) is 18.2 Å². The summed E-state index contributed by atoms with van der Waals surface area (Å²) in [5.74, 6) is 0.931. The van der Waals surface area contributed by atoms with E-state index in [0.29, 0.717) is 0 Å². The number of hydrogen-bond acceptors (Lipinski definition) is 3. The highest BCUT2D eigenvalue weighted by Gasteiger charge is 2.18. The molecule has 2 rings (SSSR count). The van der Waals surface area contributed by atoms with Gasteiger partial charge in [-0.25, -0.2) is 0 Å². The zero-order chi connectivity index (χ0) is 13.7. The second kappa shape index (κ2) is 6.92. The minimum absolute atomic E-state index is 0.284. The summed E-state index contributed by atoms with van der Waals surface area (Å²) >= 11 is 0. The maximum Gasteiger partial charge on any atom is 0.119 e. The lowest BCUT2D eigenvalue weighted by atomic mass is 9.89. The normalized spacial score (nSPS) is 18.4. The van der Waals surface area contributed by atoms with Gasteiger partial charge in [0.1, 0.15) is 12.4 Å². The summed E-state index contributed by atoms with van der Waals surface area (Å²) in [5.41, 5.74) is 2.33. The van der Waals surface area contributed by atoms with Crippen molar-refractivity contribution in [3.8, 4) is 5.75 Å². The van der Waals surface area contributed by atoms with Gasteiger partial charge in [0.2, 0.25) is 0 Å². The van der Waals surface area contributed by atoms with E-state index in [9.17, 15) is 5.11 Å². The Bertz CT molecular complexity index is 402. The topological polar surface area (TPSA) is 32.7 Å². The number of fused-ring (bicyclic) bond motifs is 1. The van der Waals surface area contributed by atoms with Gasteiger partial charge < -0.3 is 14.7 Å². The van der Waals surface area contributed by atoms with Gasteiger partial charge in [0.15, 0.2) is 0 Å². The molecule has 1 unspecified atom stereocenters. The molecule has 1 atom stereocenters. The number of nitrogens with zero attached hydrogens (tertiary/aromatic N) is 1. The Kier molecular flexibility index (Phi) is 5.23. The molecule has 19 heavy (non-hydrogen) atoms. The van der Waals surface area contributed by atoms with Gasteiger partial charge in [-0.05, 0) is 55.6 Å². The fourth-order valence-corrected chi connectivity index (χ4v) is 2.69. The highest BCUT2D eigenvalue weighted by Crippen LogP contribution is 2.31. The monoisotopic (exact) mass is 263 g/mol. The minimum Gasteiger partial charge on any atom is -0.492 e. The first kappa shape index (κ1) is 14.4. The maximum atomic E-state index is 9.92. The molecular weight excluding hydrogens is 238 g/mol. The number of hydrogen-bond donors (Lipinski definition) is 1. The van der Waals surface area contributed by atoms with E-state index in [1.807, 2.05) is 12.1 Å². The van der Waals surface area contributed by atoms with Crippen LogP contribution in [-0.4, -0.2) is 36.2 Å². The van der Waals surface area contributed by atoms with Gasteiger partial charge in [-0.2, -0.15) is 0 Å². The quantitative estimate of drug-likeness (QED) is 0.856. The first-order valence-electron chi connectivity index (χ1n) is 7.40. The Balaban J connectivity index is 1.91. The summed E-state index contributed by atoms with van der Waals surface area (Å²) in [4.78, 5) is 2.35. The van der Waals surface area contributed by atoms with Gasteiger partial charge in [0.25, 0.3) is 0 Å². The first-order valence-corrected chi connectivity index (χ1v) is 7.40. The Morgan fingerprint density at radius 1 is 1.32 bits per heavy atom. The van der Waals surface area contributed by atoms with Gasteiger partial charge in [0, 0.05) is 6.54 Å². The molecule has 0 fully saturated rings. The SMILES string of the molecule is CCN(CC)CCOc1ccc2c(c1)CCCC2O. The highest BCUT2D eigenvalue weighted by atomic mass is 16.5. The molecule has 0 heterocycles. The molecule has 0 aromatic heterocycles. The van der Waals surface area contributed by atoms with Crippen LogP contribution in [-0.2, 0) is 6.42 Å². The van der Waals surface area contributed by atoms with E-state index >= 15 is 0 Å². The van der Waals surface area contributed by atoms with Crippen LogP contribution in [0.4, 0.5) is 0 Å². The van der Waals surface area contributed by atoms with Gasteiger partial charge in [0.05, 0.1) is 6.10 Å². The number of likely N-dealkylation sites (N-methyl/N-ethyl adjacent to an activating group) is 1. The summed E-state index contributed by atoms with van der Waals surface area (Å²) in [6.45, 7) is 8.16. The lowest BCUT2D eigenvalue weighted by Crippen LogP contribution is -2.27. The van der Waals surface area contributed by atoms with Gasteiger partial charge in [-0.15, -0.1) is 0 Å². The summed E-state index contributed by atoms with van der Waals surface area (Å²) in [6.07, 6.45) is 2.72. The van der Waals surface area contributed by atoms with E-state index in [0.717, 1.165) is 56.8 Å². The summed E-state index contributed by atoms with van der Waals surface area (Å²) in [6, 6.07) is 6.10. The molecular formula is C16H25NO2. The van der Waals surface area contributed by atoms with Gasteiger partial charge >= 0.3 is 0 Å². The molecule has 1 aromatic carbocycles. The third-order valence-corrected chi connectivity index (χ3v) is 3.97. The fourth-order valence-electron chi connectivity index (χ4n) is 2.69. The van der Waals surface area contributed by atoms with Gasteiger partial charge in [-0.3, -0.25) is 0 Å². The molecule has 0 aliphatic heterocycles. The van der Waals surface area contributed by atoms with Crippen LogP contribution >= 0.6 is 0 Å². The van der Waals surface area contributed by atoms with Crippen LogP contribution in [0.3, 0.4) is 0 Å². The first-order chi connectivity index (χ1) is 9.24. The van der Waals surface area contributed by atoms with E-state index in [2.05, 4.69) is 24.8 Å². The fraction of sp³-hybridized carbons (Fsp3) is 0.625. The van der Waals surface area contributed by atoms with Crippen molar-refractivity contribution < 1.29 is 9.84 Å². The Morgan fingerprint density at radius 3 is 2.84 bits per heavy atom. The molecule has 0 radical (unpaired) electrons. The molecule has 0 spiro atoms. The molecule has 0 amide bonds. The van der Waals surface area contributed by atoms with Crippen molar-refractivity contribution in [2.24, 2.45) is 0 Å². The van der Waals surface area contributed by atoms with E-state index < -0.39 is 0 Å². The summed E-state index contributed by atoms with van der Waals surface area (Å²) in [5, 5.41) is 9.92. The van der Waals surface area contributed by atoms with E-state index in [1.165, 1.54) is 5.56 Å². The largest absolute Gasteiger partial charge is 0.492 e. The maximum absolute atomic E-state index is 9.92. The smallest absolute Gasteiger partial charge is 0.119 e. The number of ether oxygens (including phenoxy) is 1. The van der Waals surface area contributed by atoms with Crippen LogP contribution < -0.4 is 4.74 Å². The Labute approximate surface area is 116 Å². The van der Waals surface area contributed by atoms with Crippen molar-refractivity contribution in [3.63, 3.8) is 0 Å². The highest BCUT2D eigenvalue weighted by molar-refractivity contribution is 5.38. The van der Waals surface area contributed by atoms with Crippen molar-refractivity contribution in [1.82, 2.24) is 4.90 Å². The van der Waals surface area contributed by atoms with Crippen molar-refractivity contribution in [2.75, 3.05) is 26.2 Å². The zero-order valence-electron chi connectivity index (χ0n) is 12.1. The van der Waals surface area contributed by atoms with Crippen LogP contribution in [0.2, 0.25) is 0 Å². The van der Waals surface area contributed by atoms with Gasteiger partial charge in [-0.1, -0.05) is 19.9 Å². The standard InChI is InChI=1S/C16H25NO2/c1-3-17(4-2)10-11-19-14-8-9-15-13(12-14)6-5-7-16(15)18/h8-9,12,16,18H,3-7,10-11H2,1-2H3. The van der Waals surface area contributed by atoms with Crippen molar-refractivity contribution in [2.45, 2.75) is 39.2 Å². The molecule has 106 valence electrons. The molecule has 3 heteroatoms. The average molecular weight is 263 g/mol. The number of aliphatic hydroxyl groups excluding tert-OH is 1. The van der Waals surface area contributed by atoms with Crippen molar-refractivity contribution >= 4 is 0 Å². The number of aryl methyl sites for hydroxylation is 1. The molecule has 0 bridgehead atoms. The van der Waals surface area contributed by atoms with Crippen LogP contribution in [0.5, 0.6) is 5.75 Å². The lowest BCUT2D eigenvalue weighted by molar-refractivity contribution is 0.156. The summed E-state index contributed by atoms with van der Waals surface area (Å²) in [7, 11) is 0. The Morgan fingerprint density at radius 2 is 2.11 bits per heavy atom. The van der Waals surface area contributed by atoms with Crippen LogP contribution in [0.25, 0.3) is 0 Å². The molecule has 0 saturated heterocycles. The second-order valence-corrected chi connectivity index (χ2v) is 5.14. The molecule has 1 aliphatic carbocycles. The molecule has 1 aliphatic rings. The average Bonchev–Trinajstić information content (AvgIpc) is 2.44. The van der Waals surface area contributed by atoms with Crippen LogP contribution in [0.1, 0.15) is 43.9 Å². The third kappa shape index (κ3) is 3.71. The lowest BCUT2D eigenvalue weighted by Gasteiger charge is -2.22. The van der Waals surface area contributed by atoms with Crippen LogP contribution in [0, 0.1) is 0 Å². The molecule has 1 aromatic rings. The van der Waals surface area contributed by atoms with E-state index in [1.54, 1.807) is 0 Å². The predicted octanol–water partition coefficient (Wildman–Crippen LogP) is 2.78. The molecule has 0 saturated carbocycles. The minimum atomic E-state index is -0.284. The second-order valence-electron chi connectivity index (χ2n) is 5.14. The Hall–Kier alpha value is -1.06. The number of rotatable bonds is 6. The van der Waals surface area contributed by atoms with E-state index in [-0.39, 0.29) is 6.10 Å². The zero-order valence-corrected chi connectivity index (χ0v) is 12.1. The number of benzene rings is 1.